The number of guanidine groups is 1. The summed E-state index contributed by atoms with van der Waals surface area (Å²) < 4.78 is 10.5. The number of benzene rings is 2. The number of hydrogen-bond acceptors (Lipinski definition) is 3. The van der Waals surface area contributed by atoms with Crippen molar-refractivity contribution in [2.45, 2.75) is 31.7 Å². The highest BCUT2D eigenvalue weighted by Crippen LogP contribution is 2.40. The van der Waals surface area contributed by atoms with Crippen LogP contribution in [0.3, 0.4) is 0 Å². The highest BCUT2D eigenvalue weighted by Gasteiger charge is 2.31. The summed E-state index contributed by atoms with van der Waals surface area (Å²) in [4.78, 5) is 4.59. The number of halogens is 1. The van der Waals surface area contributed by atoms with Gasteiger partial charge in [-0.25, -0.2) is 4.99 Å². The zero-order valence-corrected chi connectivity index (χ0v) is 17.7. The molecule has 0 bridgehead atoms. The topological polar surface area (TPSA) is 68.9 Å². The second-order valence-corrected chi connectivity index (χ2v) is 6.39. The van der Waals surface area contributed by atoms with Crippen molar-refractivity contribution >= 4 is 35.6 Å². The van der Waals surface area contributed by atoms with Gasteiger partial charge in [0.15, 0.2) is 17.5 Å². The lowest BCUT2D eigenvalue weighted by Crippen LogP contribution is -2.31. The van der Waals surface area contributed by atoms with Gasteiger partial charge >= 0.3 is 0 Å². The van der Waals surface area contributed by atoms with Gasteiger partial charge in [-0.1, -0.05) is 24.3 Å². The van der Waals surface area contributed by atoms with Crippen LogP contribution in [-0.2, 0) is 0 Å². The van der Waals surface area contributed by atoms with Crippen LogP contribution in [0.2, 0.25) is 0 Å². The summed E-state index contributed by atoms with van der Waals surface area (Å²) in [6, 6.07) is 14.4. The largest absolute Gasteiger partial charge is 0.493 e. The third-order valence-electron chi connectivity index (χ3n) is 4.72. The molecule has 0 radical (unpaired) electrons. The second kappa shape index (κ2) is 9.12. The maximum absolute atomic E-state index is 6.06. The number of rotatable bonds is 5. The van der Waals surface area contributed by atoms with E-state index >= 15 is 0 Å². The molecule has 2 aromatic rings. The first kappa shape index (κ1) is 20.4. The predicted octanol–water partition coefficient (Wildman–Crippen LogP) is 4.30. The van der Waals surface area contributed by atoms with Crippen molar-refractivity contribution in [3.8, 4) is 11.5 Å². The molecular weight excluding hydrogens is 441 g/mol. The van der Waals surface area contributed by atoms with E-state index in [1.165, 1.54) is 11.1 Å². The summed E-state index contributed by atoms with van der Waals surface area (Å²) in [7, 11) is 3.22. The van der Waals surface area contributed by atoms with E-state index in [0.29, 0.717) is 23.4 Å². The van der Waals surface area contributed by atoms with Crippen molar-refractivity contribution in [2.75, 3.05) is 19.5 Å². The normalized spacial score (nSPS) is 19.1. The highest BCUT2D eigenvalue weighted by atomic mass is 127. The molecule has 26 heavy (non-hydrogen) atoms. The Balaban J connectivity index is 0.00000243. The Morgan fingerprint density at radius 1 is 1.08 bits per heavy atom. The van der Waals surface area contributed by atoms with Crippen LogP contribution >= 0.6 is 24.0 Å². The fourth-order valence-corrected chi connectivity index (χ4v) is 3.28. The number of aliphatic imine (C=N–C) groups is 1. The van der Waals surface area contributed by atoms with Gasteiger partial charge in [0.2, 0.25) is 0 Å². The average molecular weight is 467 g/mol. The molecule has 1 aliphatic carbocycles. The summed E-state index contributed by atoms with van der Waals surface area (Å²) in [5, 5.41) is 3.13. The van der Waals surface area contributed by atoms with E-state index in [1.54, 1.807) is 14.2 Å². The quantitative estimate of drug-likeness (QED) is 0.391. The molecule has 1 fully saturated rings. The summed E-state index contributed by atoms with van der Waals surface area (Å²) in [6.07, 6.45) is 2.08. The van der Waals surface area contributed by atoms with E-state index in [1.807, 2.05) is 18.2 Å². The number of nitrogens with zero attached hydrogens (tertiary/aromatic N) is 1. The molecule has 3 rings (SSSR count). The van der Waals surface area contributed by atoms with E-state index < -0.39 is 0 Å². The molecule has 0 heterocycles. The van der Waals surface area contributed by atoms with Gasteiger partial charge in [0.05, 0.1) is 20.3 Å². The Kier molecular flexibility index (Phi) is 7.14. The lowest BCUT2D eigenvalue weighted by molar-refractivity contribution is 0.352. The Morgan fingerprint density at radius 2 is 1.77 bits per heavy atom. The minimum Gasteiger partial charge on any atom is -0.493 e. The van der Waals surface area contributed by atoms with E-state index in [9.17, 15) is 0 Å². The van der Waals surface area contributed by atoms with Gasteiger partial charge in [0.1, 0.15) is 0 Å². The standard InChI is InChI=1S/C20H25N3O2.HI/c1-13-6-4-5-7-17(13)14-10-16(11-14)23-20(21)22-15-8-9-18(24-2)19(12-15)25-3;/h4-9,12,14,16H,10-11H2,1-3H3,(H3,21,22,23);1H. The molecule has 0 aromatic heterocycles. The average Bonchev–Trinajstić information content (AvgIpc) is 2.58. The Labute approximate surface area is 172 Å². The van der Waals surface area contributed by atoms with Gasteiger partial charge < -0.3 is 20.5 Å². The van der Waals surface area contributed by atoms with Crippen molar-refractivity contribution in [3.63, 3.8) is 0 Å². The number of nitrogens with two attached hydrogens (primary N) is 1. The summed E-state index contributed by atoms with van der Waals surface area (Å²) in [5.41, 5.74) is 9.67. The number of methoxy groups -OCH3 is 2. The van der Waals surface area contributed by atoms with Crippen molar-refractivity contribution in [1.29, 1.82) is 0 Å². The van der Waals surface area contributed by atoms with Gasteiger partial charge in [-0.05, 0) is 48.9 Å². The van der Waals surface area contributed by atoms with Crippen LogP contribution in [-0.4, -0.2) is 26.2 Å². The van der Waals surface area contributed by atoms with Crippen LogP contribution in [0, 0.1) is 6.92 Å². The molecule has 1 aliphatic rings. The first-order valence-electron chi connectivity index (χ1n) is 8.48. The lowest BCUT2D eigenvalue weighted by Gasteiger charge is -2.34. The first-order chi connectivity index (χ1) is 12.1. The van der Waals surface area contributed by atoms with Gasteiger partial charge in [0, 0.05) is 11.8 Å². The molecular formula is C20H26IN3O2. The Morgan fingerprint density at radius 3 is 2.42 bits per heavy atom. The van der Waals surface area contributed by atoms with E-state index in [4.69, 9.17) is 15.2 Å². The van der Waals surface area contributed by atoms with Gasteiger partial charge in [-0.2, -0.15) is 0 Å². The zero-order valence-electron chi connectivity index (χ0n) is 15.4. The van der Waals surface area contributed by atoms with Crippen LogP contribution in [0.15, 0.2) is 47.5 Å². The molecule has 0 amide bonds. The highest BCUT2D eigenvalue weighted by molar-refractivity contribution is 14.0. The van der Waals surface area contributed by atoms with E-state index in [-0.39, 0.29) is 30.0 Å². The predicted molar refractivity (Wildman–Crippen MR) is 117 cm³/mol. The summed E-state index contributed by atoms with van der Waals surface area (Å²) in [5.74, 6) is 2.36. The van der Waals surface area contributed by atoms with Crippen LogP contribution in [0.4, 0.5) is 5.69 Å². The van der Waals surface area contributed by atoms with Gasteiger partial charge in [0.25, 0.3) is 0 Å². The van der Waals surface area contributed by atoms with Crippen molar-refractivity contribution in [1.82, 2.24) is 0 Å². The second-order valence-electron chi connectivity index (χ2n) is 6.39. The smallest absolute Gasteiger partial charge is 0.193 e. The van der Waals surface area contributed by atoms with Crippen molar-refractivity contribution < 1.29 is 9.47 Å². The molecule has 0 aliphatic heterocycles. The SMILES string of the molecule is COc1ccc(NC(N)=NC2CC(c3ccccc3C)C2)cc1OC.I. The maximum Gasteiger partial charge on any atom is 0.193 e. The fraction of sp³-hybridized carbons (Fsp3) is 0.350. The molecule has 0 spiro atoms. The van der Waals surface area contributed by atoms with Crippen LogP contribution in [0.5, 0.6) is 11.5 Å². The number of aryl methyl sites for hydroxylation is 1. The molecule has 6 heteroatoms. The van der Waals surface area contributed by atoms with Crippen LogP contribution in [0.1, 0.15) is 29.9 Å². The lowest BCUT2D eigenvalue weighted by atomic mass is 9.75. The molecule has 140 valence electrons. The number of anilines is 1. The Bertz CT molecular complexity index is 773. The zero-order chi connectivity index (χ0) is 17.8. The molecule has 0 saturated heterocycles. The van der Waals surface area contributed by atoms with Gasteiger partial charge in [-0.3, -0.25) is 0 Å². The monoisotopic (exact) mass is 467 g/mol. The molecule has 0 atom stereocenters. The van der Waals surface area contributed by atoms with E-state index in [2.05, 4.69) is 41.5 Å². The number of nitrogens with one attached hydrogen (secondary N) is 1. The minimum absolute atomic E-state index is 0. The molecule has 1 saturated carbocycles. The number of hydrogen-bond donors (Lipinski definition) is 2. The summed E-state index contributed by atoms with van der Waals surface area (Å²) in [6.45, 7) is 2.17. The third kappa shape index (κ3) is 4.60. The molecule has 0 unspecified atom stereocenters. The van der Waals surface area contributed by atoms with Crippen molar-refractivity contribution in [2.24, 2.45) is 10.7 Å². The molecule has 2 aromatic carbocycles. The first-order valence-corrected chi connectivity index (χ1v) is 8.48. The van der Waals surface area contributed by atoms with E-state index in [0.717, 1.165) is 18.5 Å². The fourth-order valence-electron chi connectivity index (χ4n) is 3.28. The van der Waals surface area contributed by atoms with Gasteiger partial charge in [-0.15, -0.1) is 24.0 Å². The third-order valence-corrected chi connectivity index (χ3v) is 4.72. The molecule has 3 N–H and O–H groups in total. The number of ether oxygens (including phenoxy) is 2. The van der Waals surface area contributed by atoms with Crippen LogP contribution < -0.4 is 20.5 Å². The minimum atomic E-state index is 0. The van der Waals surface area contributed by atoms with Crippen LogP contribution in [0.25, 0.3) is 0 Å². The summed E-state index contributed by atoms with van der Waals surface area (Å²) >= 11 is 0. The Hall–Kier alpha value is -1.96. The maximum atomic E-state index is 6.06. The molecule has 5 nitrogen and oxygen atoms in total. The van der Waals surface area contributed by atoms with Crippen molar-refractivity contribution in [3.05, 3.63) is 53.6 Å².